The van der Waals surface area contributed by atoms with Crippen LogP contribution in [0.15, 0.2) is 0 Å². The molecule has 0 aromatic heterocycles. The topological polar surface area (TPSA) is 37.3 Å². The van der Waals surface area contributed by atoms with E-state index in [1.165, 1.54) is 0 Å². The van der Waals surface area contributed by atoms with E-state index in [0.29, 0.717) is 12.8 Å². The van der Waals surface area contributed by atoms with Crippen LogP contribution < -0.4 is 0 Å². The molecular formula is C6H9ClO2. The summed E-state index contributed by atoms with van der Waals surface area (Å²) in [6.07, 6.45) is 0.918. The summed E-state index contributed by atoms with van der Waals surface area (Å²) in [5.74, 6) is -0.0401. The van der Waals surface area contributed by atoms with E-state index in [4.69, 9.17) is 11.6 Å². The molecule has 1 aliphatic carbocycles. The molecule has 1 rings (SSSR count). The van der Waals surface area contributed by atoms with Crippen LogP contribution in [0.3, 0.4) is 0 Å². The number of rotatable bonds is 0. The van der Waals surface area contributed by atoms with E-state index in [-0.39, 0.29) is 5.78 Å². The first-order valence-corrected chi connectivity index (χ1v) is 3.37. The summed E-state index contributed by atoms with van der Waals surface area (Å²) in [6, 6.07) is 0. The summed E-state index contributed by atoms with van der Waals surface area (Å²) < 4.78 is 0. The Morgan fingerprint density at radius 2 is 2.44 bits per heavy atom. The van der Waals surface area contributed by atoms with Crippen molar-refractivity contribution in [2.24, 2.45) is 0 Å². The first-order chi connectivity index (χ1) is 4.04. The van der Waals surface area contributed by atoms with E-state index in [1.54, 1.807) is 6.92 Å². The second-order valence-corrected chi connectivity index (χ2v) is 3.12. The Hall–Kier alpha value is -0.0800. The molecule has 0 spiro atoms. The average Bonchev–Trinajstić information content (AvgIpc) is 1.97. The van der Waals surface area contributed by atoms with Crippen LogP contribution in [0.25, 0.3) is 0 Å². The molecule has 0 aromatic rings. The average molecular weight is 149 g/mol. The summed E-state index contributed by atoms with van der Waals surface area (Å²) in [5, 5.41) is 8.60. The maximum atomic E-state index is 10.7. The Morgan fingerprint density at radius 1 is 1.89 bits per heavy atom. The van der Waals surface area contributed by atoms with Gasteiger partial charge < -0.3 is 5.11 Å². The minimum absolute atomic E-state index is 0.0401. The smallest absolute Gasteiger partial charge is 0.153 e. The number of hydrogen-bond acceptors (Lipinski definition) is 2. The van der Waals surface area contributed by atoms with Crippen molar-refractivity contribution in [2.45, 2.75) is 30.7 Å². The highest BCUT2D eigenvalue weighted by molar-refractivity contribution is 6.32. The van der Waals surface area contributed by atoms with Gasteiger partial charge in [0.15, 0.2) is 5.78 Å². The van der Waals surface area contributed by atoms with Crippen molar-refractivity contribution < 1.29 is 9.90 Å². The summed E-state index contributed by atoms with van der Waals surface area (Å²) in [6.45, 7) is 1.59. The van der Waals surface area contributed by atoms with Crippen LogP contribution >= 0.6 is 11.6 Å². The normalized spacial score (nSPS) is 43.9. The van der Waals surface area contributed by atoms with Crippen molar-refractivity contribution in [1.29, 1.82) is 0 Å². The number of carbonyl (C=O) groups is 1. The van der Waals surface area contributed by atoms with Crippen LogP contribution in [-0.2, 0) is 4.79 Å². The van der Waals surface area contributed by atoms with Gasteiger partial charge in [-0.1, -0.05) is 0 Å². The molecule has 0 amide bonds. The molecule has 2 nitrogen and oxygen atoms in total. The number of halogens is 1. The van der Waals surface area contributed by atoms with E-state index in [0.717, 1.165) is 0 Å². The molecule has 1 saturated carbocycles. The molecule has 9 heavy (non-hydrogen) atoms. The summed E-state index contributed by atoms with van der Waals surface area (Å²) in [7, 11) is 0. The van der Waals surface area contributed by atoms with Crippen LogP contribution in [0.4, 0.5) is 0 Å². The van der Waals surface area contributed by atoms with E-state index in [1.807, 2.05) is 0 Å². The molecular weight excluding hydrogens is 140 g/mol. The molecule has 0 aliphatic heterocycles. The van der Waals surface area contributed by atoms with Crippen LogP contribution in [0.5, 0.6) is 0 Å². The van der Waals surface area contributed by atoms with Crippen molar-refractivity contribution >= 4 is 17.4 Å². The largest absolute Gasteiger partial charge is 0.388 e. The van der Waals surface area contributed by atoms with Gasteiger partial charge in [0.1, 0.15) is 5.38 Å². The lowest BCUT2D eigenvalue weighted by Gasteiger charge is -2.17. The molecule has 0 radical (unpaired) electrons. The van der Waals surface area contributed by atoms with Crippen LogP contribution in [0, 0.1) is 0 Å². The van der Waals surface area contributed by atoms with Gasteiger partial charge >= 0.3 is 0 Å². The Morgan fingerprint density at radius 3 is 2.56 bits per heavy atom. The number of carbonyl (C=O) groups excluding carboxylic acids is 1. The third-order valence-electron chi connectivity index (χ3n) is 1.71. The van der Waals surface area contributed by atoms with E-state index in [9.17, 15) is 9.90 Å². The highest BCUT2D eigenvalue weighted by Gasteiger charge is 2.41. The van der Waals surface area contributed by atoms with Crippen molar-refractivity contribution in [1.82, 2.24) is 0 Å². The van der Waals surface area contributed by atoms with Gasteiger partial charge in [0.05, 0.1) is 5.60 Å². The van der Waals surface area contributed by atoms with Gasteiger partial charge in [-0.2, -0.15) is 0 Å². The van der Waals surface area contributed by atoms with Gasteiger partial charge in [0.25, 0.3) is 0 Å². The summed E-state index contributed by atoms with van der Waals surface area (Å²) in [4.78, 5) is 10.7. The van der Waals surface area contributed by atoms with Gasteiger partial charge in [0, 0.05) is 6.42 Å². The fourth-order valence-corrected chi connectivity index (χ4v) is 1.19. The SMILES string of the molecule is C[C@]1(O)CCC(=O)[C@@H]1Cl. The molecule has 0 saturated heterocycles. The molecule has 0 unspecified atom stereocenters. The number of hydrogen-bond donors (Lipinski definition) is 1. The van der Waals surface area contributed by atoms with Crippen LogP contribution in [-0.4, -0.2) is 21.9 Å². The molecule has 2 atom stereocenters. The summed E-state index contributed by atoms with van der Waals surface area (Å²) >= 11 is 5.55. The number of Topliss-reactive ketones (excluding diaryl/α,β-unsaturated/α-hetero) is 1. The zero-order chi connectivity index (χ0) is 7.07. The predicted molar refractivity (Wildman–Crippen MR) is 34.5 cm³/mol. The van der Waals surface area contributed by atoms with Gasteiger partial charge in [-0.05, 0) is 13.3 Å². The molecule has 52 valence electrons. The molecule has 1 N–H and O–H groups in total. The van der Waals surface area contributed by atoms with Gasteiger partial charge in [-0.3, -0.25) is 4.79 Å². The second kappa shape index (κ2) is 1.96. The number of alkyl halides is 1. The Balaban J connectivity index is 2.73. The van der Waals surface area contributed by atoms with E-state index >= 15 is 0 Å². The fourth-order valence-electron chi connectivity index (χ4n) is 0.977. The molecule has 1 fully saturated rings. The standard InChI is InChI=1S/C6H9ClO2/c1-6(9)3-2-4(8)5(6)7/h5,9H,2-3H2,1H3/t5-,6-/m0/s1. The molecule has 0 bridgehead atoms. The number of aliphatic hydroxyl groups is 1. The lowest BCUT2D eigenvalue weighted by molar-refractivity contribution is -0.118. The monoisotopic (exact) mass is 148 g/mol. The third kappa shape index (κ3) is 1.10. The van der Waals surface area contributed by atoms with Crippen molar-refractivity contribution in [3.05, 3.63) is 0 Å². The van der Waals surface area contributed by atoms with Gasteiger partial charge in [-0.15, -0.1) is 11.6 Å². The summed E-state index contributed by atoms with van der Waals surface area (Å²) in [5.41, 5.74) is -0.960. The van der Waals surface area contributed by atoms with Crippen molar-refractivity contribution in [3.63, 3.8) is 0 Å². The van der Waals surface area contributed by atoms with E-state index in [2.05, 4.69) is 0 Å². The van der Waals surface area contributed by atoms with Crippen molar-refractivity contribution in [3.8, 4) is 0 Å². The van der Waals surface area contributed by atoms with E-state index < -0.39 is 11.0 Å². The molecule has 3 heteroatoms. The Labute approximate surface area is 58.8 Å². The highest BCUT2D eigenvalue weighted by atomic mass is 35.5. The minimum atomic E-state index is -0.960. The first kappa shape index (κ1) is 7.03. The lowest BCUT2D eigenvalue weighted by atomic mass is 10.1. The fraction of sp³-hybridized carbons (Fsp3) is 0.833. The minimum Gasteiger partial charge on any atom is -0.388 e. The zero-order valence-corrected chi connectivity index (χ0v) is 5.98. The van der Waals surface area contributed by atoms with Gasteiger partial charge in [0.2, 0.25) is 0 Å². The molecule has 1 aliphatic rings. The highest BCUT2D eigenvalue weighted by Crippen LogP contribution is 2.30. The third-order valence-corrected chi connectivity index (χ3v) is 2.42. The lowest BCUT2D eigenvalue weighted by Crippen LogP contribution is -2.32. The van der Waals surface area contributed by atoms with Crippen LogP contribution in [0.2, 0.25) is 0 Å². The molecule has 0 heterocycles. The van der Waals surface area contributed by atoms with Crippen molar-refractivity contribution in [2.75, 3.05) is 0 Å². The Kier molecular flexibility index (Phi) is 1.53. The number of ketones is 1. The van der Waals surface area contributed by atoms with Crippen LogP contribution in [0.1, 0.15) is 19.8 Å². The molecule has 0 aromatic carbocycles. The van der Waals surface area contributed by atoms with Gasteiger partial charge in [-0.25, -0.2) is 0 Å². The maximum absolute atomic E-state index is 10.7. The first-order valence-electron chi connectivity index (χ1n) is 2.93. The Bertz CT molecular complexity index is 142. The quantitative estimate of drug-likeness (QED) is 0.514. The zero-order valence-electron chi connectivity index (χ0n) is 5.22. The second-order valence-electron chi connectivity index (χ2n) is 2.69. The predicted octanol–water partition coefficient (Wildman–Crippen LogP) is 0.708. The maximum Gasteiger partial charge on any atom is 0.153 e.